The lowest BCUT2D eigenvalue weighted by Crippen LogP contribution is -1.93. The molecule has 0 bridgehead atoms. The lowest BCUT2D eigenvalue weighted by Gasteiger charge is -2.08. The van der Waals surface area contributed by atoms with Crippen LogP contribution in [0.4, 0.5) is 0 Å². The molecule has 0 saturated carbocycles. The molecular formula is C19H21I. The first kappa shape index (κ1) is 14.1. The minimum Gasteiger partial charge on any atom is -0.0864 e. The first-order valence-corrected chi connectivity index (χ1v) is 9.17. The molecular weight excluding hydrogens is 355 g/mol. The Hall–Kier alpha value is -0.830. The summed E-state index contributed by atoms with van der Waals surface area (Å²) in [7, 11) is 0. The van der Waals surface area contributed by atoms with Gasteiger partial charge in [-0.05, 0) is 57.9 Å². The molecule has 1 aliphatic rings. The van der Waals surface area contributed by atoms with Gasteiger partial charge in [0, 0.05) is 0 Å². The summed E-state index contributed by atoms with van der Waals surface area (Å²) >= 11 is 2.47. The van der Waals surface area contributed by atoms with Crippen molar-refractivity contribution in [2.24, 2.45) is 0 Å². The Labute approximate surface area is 135 Å². The van der Waals surface area contributed by atoms with Crippen molar-refractivity contribution in [2.45, 2.75) is 38.5 Å². The van der Waals surface area contributed by atoms with Crippen LogP contribution in [0.2, 0.25) is 0 Å². The van der Waals surface area contributed by atoms with Crippen LogP contribution in [0.25, 0.3) is 11.1 Å². The minimum atomic E-state index is 1.13. The fraction of sp³-hybridized carbons (Fsp3) is 0.368. The number of alkyl halides is 1. The number of halogens is 1. The van der Waals surface area contributed by atoms with Crippen LogP contribution < -0.4 is 0 Å². The maximum atomic E-state index is 2.47. The Kier molecular flexibility index (Phi) is 4.77. The summed E-state index contributed by atoms with van der Waals surface area (Å²) in [6.07, 6.45) is 7.86. The summed E-state index contributed by atoms with van der Waals surface area (Å²) in [5.74, 6) is 0. The van der Waals surface area contributed by atoms with Gasteiger partial charge in [0.25, 0.3) is 0 Å². The Morgan fingerprint density at radius 2 is 1.60 bits per heavy atom. The highest BCUT2D eigenvalue weighted by Gasteiger charge is 2.19. The van der Waals surface area contributed by atoms with Gasteiger partial charge in [-0.2, -0.15) is 0 Å². The standard InChI is InChI=1S/C19H21I/c20-13-6-2-1-3-8-15-10-7-12-18-17-11-5-4-9-16(17)14-19(15)18/h4-5,7,9-12H,1-3,6,8,13-14H2. The molecule has 104 valence electrons. The third kappa shape index (κ3) is 2.93. The van der Waals surface area contributed by atoms with Crippen molar-refractivity contribution in [3.05, 3.63) is 59.2 Å². The Bertz CT molecular complexity index is 586. The molecule has 2 aromatic carbocycles. The molecule has 0 radical (unpaired) electrons. The van der Waals surface area contributed by atoms with Crippen molar-refractivity contribution in [1.29, 1.82) is 0 Å². The third-order valence-electron chi connectivity index (χ3n) is 4.28. The van der Waals surface area contributed by atoms with E-state index in [4.69, 9.17) is 0 Å². The Morgan fingerprint density at radius 1 is 0.800 bits per heavy atom. The van der Waals surface area contributed by atoms with E-state index in [1.165, 1.54) is 53.2 Å². The van der Waals surface area contributed by atoms with Gasteiger partial charge in [0.2, 0.25) is 0 Å². The second-order valence-electron chi connectivity index (χ2n) is 5.63. The van der Waals surface area contributed by atoms with Crippen LogP contribution >= 0.6 is 22.6 Å². The van der Waals surface area contributed by atoms with Crippen LogP contribution in [-0.2, 0) is 12.8 Å². The van der Waals surface area contributed by atoms with Gasteiger partial charge in [0.1, 0.15) is 0 Å². The van der Waals surface area contributed by atoms with Gasteiger partial charge in [-0.15, -0.1) is 0 Å². The van der Waals surface area contributed by atoms with E-state index in [-0.39, 0.29) is 0 Å². The van der Waals surface area contributed by atoms with Gasteiger partial charge in [-0.25, -0.2) is 0 Å². The van der Waals surface area contributed by atoms with Crippen LogP contribution in [0.3, 0.4) is 0 Å². The van der Waals surface area contributed by atoms with Crippen molar-refractivity contribution in [1.82, 2.24) is 0 Å². The third-order valence-corrected chi connectivity index (χ3v) is 5.04. The molecule has 0 aromatic heterocycles. The van der Waals surface area contributed by atoms with E-state index >= 15 is 0 Å². The van der Waals surface area contributed by atoms with E-state index in [1.54, 1.807) is 11.1 Å². The van der Waals surface area contributed by atoms with E-state index < -0.39 is 0 Å². The number of unbranched alkanes of at least 4 members (excludes halogenated alkanes) is 3. The maximum absolute atomic E-state index is 2.47. The first-order valence-electron chi connectivity index (χ1n) is 7.65. The first-order chi connectivity index (χ1) is 9.90. The number of hydrogen-bond acceptors (Lipinski definition) is 0. The summed E-state index contributed by atoms with van der Waals surface area (Å²) in [6.45, 7) is 0. The van der Waals surface area contributed by atoms with E-state index in [0.29, 0.717) is 0 Å². The predicted molar refractivity (Wildman–Crippen MR) is 95.7 cm³/mol. The predicted octanol–water partition coefficient (Wildman–Crippen LogP) is 5.80. The zero-order valence-electron chi connectivity index (χ0n) is 11.9. The van der Waals surface area contributed by atoms with Gasteiger partial charge < -0.3 is 0 Å². The number of hydrogen-bond donors (Lipinski definition) is 0. The number of benzene rings is 2. The lowest BCUT2D eigenvalue weighted by molar-refractivity contribution is 0.671. The highest BCUT2D eigenvalue weighted by atomic mass is 127. The molecule has 0 saturated heterocycles. The van der Waals surface area contributed by atoms with Crippen molar-refractivity contribution >= 4 is 22.6 Å². The van der Waals surface area contributed by atoms with Crippen molar-refractivity contribution in [2.75, 3.05) is 4.43 Å². The average Bonchev–Trinajstić information content (AvgIpc) is 2.87. The molecule has 20 heavy (non-hydrogen) atoms. The van der Waals surface area contributed by atoms with Crippen LogP contribution in [0, 0.1) is 0 Å². The summed E-state index contributed by atoms with van der Waals surface area (Å²) in [5.41, 5.74) is 7.59. The summed E-state index contributed by atoms with van der Waals surface area (Å²) in [6, 6.07) is 15.7. The molecule has 0 fully saturated rings. The van der Waals surface area contributed by atoms with Crippen LogP contribution in [0.1, 0.15) is 42.4 Å². The Morgan fingerprint density at radius 3 is 2.50 bits per heavy atom. The number of rotatable bonds is 6. The van der Waals surface area contributed by atoms with Crippen molar-refractivity contribution in [3.63, 3.8) is 0 Å². The zero-order chi connectivity index (χ0) is 13.8. The quantitative estimate of drug-likeness (QED) is 0.290. The second kappa shape index (κ2) is 6.75. The molecule has 1 aliphatic carbocycles. The molecule has 2 aromatic rings. The van der Waals surface area contributed by atoms with Gasteiger partial charge in [0.15, 0.2) is 0 Å². The number of fused-ring (bicyclic) bond motifs is 3. The highest BCUT2D eigenvalue weighted by molar-refractivity contribution is 14.1. The Balaban J connectivity index is 1.73. The second-order valence-corrected chi connectivity index (χ2v) is 6.71. The molecule has 0 spiro atoms. The minimum absolute atomic E-state index is 1.13. The van der Waals surface area contributed by atoms with E-state index in [1.807, 2.05) is 0 Å². The fourth-order valence-corrected chi connectivity index (χ4v) is 3.76. The van der Waals surface area contributed by atoms with Crippen LogP contribution in [-0.4, -0.2) is 4.43 Å². The van der Waals surface area contributed by atoms with E-state index in [0.717, 1.165) is 6.42 Å². The van der Waals surface area contributed by atoms with Gasteiger partial charge in [0.05, 0.1) is 0 Å². The van der Waals surface area contributed by atoms with Crippen LogP contribution in [0.5, 0.6) is 0 Å². The van der Waals surface area contributed by atoms with E-state index in [9.17, 15) is 0 Å². The average molecular weight is 376 g/mol. The van der Waals surface area contributed by atoms with Gasteiger partial charge in [-0.3, -0.25) is 0 Å². The molecule has 0 N–H and O–H groups in total. The summed E-state index contributed by atoms with van der Waals surface area (Å²) in [4.78, 5) is 0. The molecule has 0 heterocycles. The molecule has 0 amide bonds. The molecule has 3 rings (SSSR count). The van der Waals surface area contributed by atoms with Crippen LogP contribution in [0.15, 0.2) is 42.5 Å². The smallest absolute Gasteiger partial charge is 0.000473 e. The molecule has 0 nitrogen and oxygen atoms in total. The topological polar surface area (TPSA) is 0 Å². The monoisotopic (exact) mass is 376 g/mol. The molecule has 0 aliphatic heterocycles. The lowest BCUT2D eigenvalue weighted by atomic mass is 9.97. The van der Waals surface area contributed by atoms with E-state index in [2.05, 4.69) is 65.1 Å². The maximum Gasteiger partial charge on any atom is -0.000473 e. The molecule has 0 atom stereocenters. The highest BCUT2D eigenvalue weighted by Crippen LogP contribution is 2.38. The zero-order valence-corrected chi connectivity index (χ0v) is 14.0. The largest absolute Gasteiger partial charge is 0.0864 e. The SMILES string of the molecule is ICCCCCCc1cccc2c1Cc1ccccc1-2. The molecule has 1 heteroatoms. The van der Waals surface area contributed by atoms with Crippen molar-refractivity contribution < 1.29 is 0 Å². The van der Waals surface area contributed by atoms with Gasteiger partial charge >= 0.3 is 0 Å². The van der Waals surface area contributed by atoms with Gasteiger partial charge in [-0.1, -0.05) is 77.9 Å². The summed E-state index contributed by atoms with van der Waals surface area (Å²) < 4.78 is 1.30. The fourth-order valence-electron chi connectivity index (χ4n) is 3.22. The summed E-state index contributed by atoms with van der Waals surface area (Å²) in [5, 5.41) is 0. The molecule has 0 unspecified atom stereocenters. The normalized spacial score (nSPS) is 12.2. The number of aryl methyl sites for hydroxylation is 1. The van der Waals surface area contributed by atoms with Crippen molar-refractivity contribution in [3.8, 4) is 11.1 Å².